The van der Waals surface area contributed by atoms with E-state index in [9.17, 15) is 0 Å². The molecule has 0 fully saturated rings. The molecule has 0 amide bonds. The van der Waals surface area contributed by atoms with Crippen LogP contribution in [0.1, 0.15) is 0 Å². The summed E-state index contributed by atoms with van der Waals surface area (Å²) >= 11 is 0. The number of nitrogens with zero attached hydrogens (tertiary/aromatic N) is 3. The molecule has 1 rings (SSSR count). The molecular formula is C7H14N4O. The van der Waals surface area contributed by atoms with Crippen LogP contribution in [0.2, 0.25) is 0 Å². The minimum absolute atomic E-state index is 0.752. The molecule has 68 valence electrons. The lowest BCUT2D eigenvalue weighted by atomic mass is 10.5. The quantitative estimate of drug-likeness (QED) is 0.585. The van der Waals surface area contributed by atoms with Crippen molar-refractivity contribution in [3.05, 3.63) is 12.7 Å². The molecular weight excluding hydrogens is 156 g/mol. The van der Waals surface area contributed by atoms with E-state index >= 15 is 0 Å². The van der Waals surface area contributed by atoms with Crippen molar-refractivity contribution in [2.45, 2.75) is 6.54 Å². The average molecular weight is 170 g/mol. The summed E-state index contributed by atoms with van der Waals surface area (Å²) in [6, 6.07) is 0. The second kappa shape index (κ2) is 5.68. The molecule has 1 aromatic rings. The van der Waals surface area contributed by atoms with Crippen LogP contribution in [0.4, 0.5) is 0 Å². The maximum absolute atomic E-state index is 4.89. The summed E-state index contributed by atoms with van der Waals surface area (Å²) in [6.45, 7) is 3.46. The highest BCUT2D eigenvalue weighted by Gasteiger charge is 1.89. The standard InChI is InChI=1S/C7H14N4O/c1-12-5-3-8-2-4-11-6-9-10-7-11/h6-8H,2-5H2,1H3. The Morgan fingerprint density at radius 2 is 2.08 bits per heavy atom. The predicted octanol–water partition coefficient (Wildman–Crippen LogP) is -0.486. The molecule has 0 atom stereocenters. The SMILES string of the molecule is COCCNCCn1cnnc1. The molecule has 1 N–H and O–H groups in total. The van der Waals surface area contributed by atoms with Gasteiger partial charge < -0.3 is 14.6 Å². The van der Waals surface area contributed by atoms with E-state index < -0.39 is 0 Å². The Bertz CT molecular complexity index is 187. The lowest BCUT2D eigenvalue weighted by Gasteiger charge is -2.03. The van der Waals surface area contributed by atoms with E-state index in [1.807, 2.05) is 4.57 Å². The molecule has 0 unspecified atom stereocenters. The molecule has 0 aliphatic heterocycles. The first kappa shape index (κ1) is 9.15. The molecule has 12 heavy (non-hydrogen) atoms. The third-order valence-electron chi connectivity index (χ3n) is 1.50. The van der Waals surface area contributed by atoms with Crippen LogP contribution >= 0.6 is 0 Å². The Hall–Kier alpha value is -0.940. The van der Waals surface area contributed by atoms with Crippen molar-refractivity contribution >= 4 is 0 Å². The van der Waals surface area contributed by atoms with Crippen LogP contribution in [-0.4, -0.2) is 41.6 Å². The summed E-state index contributed by atoms with van der Waals surface area (Å²) in [5.74, 6) is 0. The Balaban J connectivity index is 1.96. The van der Waals surface area contributed by atoms with E-state index in [2.05, 4.69) is 15.5 Å². The normalized spacial score (nSPS) is 10.4. The molecule has 0 radical (unpaired) electrons. The molecule has 5 nitrogen and oxygen atoms in total. The van der Waals surface area contributed by atoms with Crippen LogP contribution in [0, 0.1) is 0 Å². The van der Waals surface area contributed by atoms with Gasteiger partial charge in [0.2, 0.25) is 0 Å². The molecule has 1 aromatic heterocycles. The van der Waals surface area contributed by atoms with Gasteiger partial charge in [-0.3, -0.25) is 0 Å². The van der Waals surface area contributed by atoms with Gasteiger partial charge in [0.25, 0.3) is 0 Å². The number of nitrogens with one attached hydrogen (secondary N) is 1. The van der Waals surface area contributed by atoms with Gasteiger partial charge in [0.05, 0.1) is 6.61 Å². The molecule has 5 heteroatoms. The predicted molar refractivity (Wildman–Crippen MR) is 44.8 cm³/mol. The first-order valence-corrected chi connectivity index (χ1v) is 3.95. The van der Waals surface area contributed by atoms with Crippen molar-refractivity contribution in [3.8, 4) is 0 Å². The van der Waals surface area contributed by atoms with Crippen LogP contribution in [0.3, 0.4) is 0 Å². The molecule has 0 saturated carbocycles. The van der Waals surface area contributed by atoms with Gasteiger partial charge in [0.1, 0.15) is 12.7 Å². The molecule has 0 aliphatic carbocycles. The van der Waals surface area contributed by atoms with Crippen LogP contribution in [0.15, 0.2) is 12.7 Å². The summed E-state index contributed by atoms with van der Waals surface area (Å²) in [7, 11) is 1.70. The van der Waals surface area contributed by atoms with Crippen LogP contribution < -0.4 is 5.32 Å². The smallest absolute Gasteiger partial charge is 0.119 e. The zero-order chi connectivity index (χ0) is 8.65. The summed E-state index contributed by atoms with van der Waals surface area (Å²) in [4.78, 5) is 0. The largest absolute Gasteiger partial charge is 0.383 e. The van der Waals surface area contributed by atoms with Crippen molar-refractivity contribution < 1.29 is 4.74 Å². The maximum atomic E-state index is 4.89. The summed E-state index contributed by atoms with van der Waals surface area (Å²) in [5.41, 5.74) is 0. The summed E-state index contributed by atoms with van der Waals surface area (Å²) in [6.07, 6.45) is 3.41. The Morgan fingerprint density at radius 1 is 1.33 bits per heavy atom. The maximum Gasteiger partial charge on any atom is 0.119 e. The van der Waals surface area contributed by atoms with Crippen molar-refractivity contribution in [1.29, 1.82) is 0 Å². The van der Waals surface area contributed by atoms with Crippen molar-refractivity contribution in [3.63, 3.8) is 0 Å². The molecule has 0 spiro atoms. The zero-order valence-corrected chi connectivity index (χ0v) is 7.23. The van der Waals surface area contributed by atoms with Crippen LogP contribution in [0.25, 0.3) is 0 Å². The second-order valence-corrected chi connectivity index (χ2v) is 2.44. The number of rotatable bonds is 6. The highest BCUT2D eigenvalue weighted by molar-refractivity contribution is 4.60. The highest BCUT2D eigenvalue weighted by Crippen LogP contribution is 1.79. The molecule has 0 aliphatic rings. The lowest BCUT2D eigenvalue weighted by Crippen LogP contribution is -2.23. The molecule has 1 heterocycles. The van der Waals surface area contributed by atoms with E-state index in [-0.39, 0.29) is 0 Å². The van der Waals surface area contributed by atoms with E-state index in [1.54, 1.807) is 19.8 Å². The Morgan fingerprint density at radius 3 is 2.75 bits per heavy atom. The first-order chi connectivity index (χ1) is 5.93. The van der Waals surface area contributed by atoms with Crippen molar-refractivity contribution in [1.82, 2.24) is 20.1 Å². The monoisotopic (exact) mass is 170 g/mol. The Labute approximate surface area is 71.7 Å². The number of hydrogen-bond acceptors (Lipinski definition) is 4. The molecule has 0 bridgehead atoms. The first-order valence-electron chi connectivity index (χ1n) is 3.95. The Kier molecular flexibility index (Phi) is 4.33. The van der Waals surface area contributed by atoms with E-state index in [1.165, 1.54) is 0 Å². The van der Waals surface area contributed by atoms with Gasteiger partial charge in [-0.25, -0.2) is 0 Å². The van der Waals surface area contributed by atoms with Crippen LogP contribution in [-0.2, 0) is 11.3 Å². The van der Waals surface area contributed by atoms with Crippen LogP contribution in [0.5, 0.6) is 0 Å². The van der Waals surface area contributed by atoms with Gasteiger partial charge >= 0.3 is 0 Å². The number of hydrogen-bond donors (Lipinski definition) is 1. The lowest BCUT2D eigenvalue weighted by molar-refractivity contribution is 0.199. The fraction of sp³-hybridized carbons (Fsp3) is 0.714. The van der Waals surface area contributed by atoms with Gasteiger partial charge in [-0.15, -0.1) is 10.2 Å². The number of aromatic nitrogens is 3. The van der Waals surface area contributed by atoms with Crippen molar-refractivity contribution in [2.24, 2.45) is 0 Å². The van der Waals surface area contributed by atoms with Gasteiger partial charge in [-0.1, -0.05) is 0 Å². The zero-order valence-electron chi connectivity index (χ0n) is 7.23. The topological polar surface area (TPSA) is 52.0 Å². The van der Waals surface area contributed by atoms with Gasteiger partial charge in [-0.2, -0.15) is 0 Å². The van der Waals surface area contributed by atoms with Crippen molar-refractivity contribution in [2.75, 3.05) is 26.8 Å². The molecule has 0 saturated heterocycles. The van der Waals surface area contributed by atoms with E-state index in [0.717, 1.165) is 26.2 Å². The number of ether oxygens (including phenoxy) is 1. The van der Waals surface area contributed by atoms with E-state index in [4.69, 9.17) is 4.74 Å². The second-order valence-electron chi connectivity index (χ2n) is 2.44. The number of methoxy groups -OCH3 is 1. The third-order valence-corrected chi connectivity index (χ3v) is 1.50. The average Bonchev–Trinajstić information content (AvgIpc) is 2.57. The molecule has 0 aromatic carbocycles. The third kappa shape index (κ3) is 3.45. The summed E-state index contributed by atoms with van der Waals surface area (Å²) < 4.78 is 6.82. The minimum Gasteiger partial charge on any atom is -0.383 e. The minimum atomic E-state index is 0.752. The van der Waals surface area contributed by atoms with Gasteiger partial charge in [0.15, 0.2) is 0 Å². The summed E-state index contributed by atoms with van der Waals surface area (Å²) in [5, 5.41) is 10.6. The van der Waals surface area contributed by atoms with Gasteiger partial charge in [0, 0.05) is 26.7 Å². The fourth-order valence-corrected chi connectivity index (χ4v) is 0.845. The fourth-order valence-electron chi connectivity index (χ4n) is 0.845. The highest BCUT2D eigenvalue weighted by atomic mass is 16.5. The van der Waals surface area contributed by atoms with Gasteiger partial charge in [-0.05, 0) is 0 Å². The van der Waals surface area contributed by atoms with E-state index in [0.29, 0.717) is 0 Å².